The van der Waals surface area contributed by atoms with Gasteiger partial charge in [0.25, 0.3) is 5.91 Å². The first-order valence-corrected chi connectivity index (χ1v) is 3.90. The van der Waals surface area contributed by atoms with Crippen molar-refractivity contribution < 1.29 is 9.59 Å². The van der Waals surface area contributed by atoms with Gasteiger partial charge in [0.15, 0.2) is 0 Å². The van der Waals surface area contributed by atoms with Crippen molar-refractivity contribution in [1.29, 1.82) is 0 Å². The number of carbonyl (C=O) groups is 2. The molecule has 3 amide bonds. The second-order valence-corrected chi connectivity index (χ2v) is 3.00. The number of piperidine rings is 1. The minimum atomic E-state index is -0.209. The van der Waals surface area contributed by atoms with Crippen LogP contribution in [0.3, 0.4) is 0 Å². The fraction of sp³-hybridized carbons (Fsp3) is 0.714. The summed E-state index contributed by atoms with van der Waals surface area (Å²) in [6.45, 7) is 0.738. The van der Waals surface area contributed by atoms with E-state index in [0.717, 1.165) is 25.8 Å². The van der Waals surface area contributed by atoms with E-state index in [-0.39, 0.29) is 42.8 Å². The third-order valence-electron chi connectivity index (χ3n) is 2.30. The van der Waals surface area contributed by atoms with Crippen molar-refractivity contribution in [2.75, 3.05) is 6.54 Å². The highest BCUT2D eigenvalue weighted by Crippen LogP contribution is 2.20. The third kappa shape index (κ3) is 2.06. The molecule has 0 aromatic heterocycles. The molecule has 0 saturated carbocycles. The molecule has 4 nitrogen and oxygen atoms in total. The molecule has 0 spiro atoms. The summed E-state index contributed by atoms with van der Waals surface area (Å²) in [5.74, 6) is -0.116. The largest absolute Gasteiger partial charge is 0.324 e. The molecule has 2 saturated heterocycles. The van der Waals surface area contributed by atoms with Gasteiger partial charge in [0, 0.05) is 6.54 Å². The van der Waals surface area contributed by atoms with Crippen LogP contribution in [-0.4, -0.2) is 29.4 Å². The molecule has 6 heteroatoms. The SMILES string of the molecule is Cl.Cl.O=C1NC(=O)N2CCCCC12. The molecule has 13 heavy (non-hydrogen) atoms. The maximum atomic E-state index is 11.0. The molecule has 2 fully saturated rings. The number of imide groups is 1. The van der Waals surface area contributed by atoms with Crippen LogP contribution in [0.1, 0.15) is 19.3 Å². The minimum Gasteiger partial charge on any atom is -0.312 e. The fourth-order valence-corrected chi connectivity index (χ4v) is 1.71. The molecular weight excluding hydrogens is 215 g/mol. The molecule has 1 atom stereocenters. The van der Waals surface area contributed by atoms with Crippen molar-refractivity contribution in [3.05, 3.63) is 0 Å². The topological polar surface area (TPSA) is 49.4 Å². The summed E-state index contributed by atoms with van der Waals surface area (Å²) in [5.41, 5.74) is 0. The van der Waals surface area contributed by atoms with E-state index in [1.54, 1.807) is 4.90 Å². The lowest BCUT2D eigenvalue weighted by molar-refractivity contribution is -0.122. The quantitative estimate of drug-likeness (QED) is 0.626. The molecule has 0 aromatic carbocycles. The Balaban J connectivity index is 0.000000720. The van der Waals surface area contributed by atoms with Crippen molar-refractivity contribution in [2.24, 2.45) is 0 Å². The van der Waals surface area contributed by atoms with Crippen LogP contribution >= 0.6 is 24.8 Å². The number of halogens is 2. The average Bonchev–Trinajstić information content (AvgIpc) is 2.30. The Hall–Kier alpha value is -0.480. The second-order valence-electron chi connectivity index (χ2n) is 3.00. The Kier molecular flexibility index (Phi) is 4.50. The van der Waals surface area contributed by atoms with E-state index in [4.69, 9.17) is 0 Å². The second kappa shape index (κ2) is 4.67. The van der Waals surface area contributed by atoms with Gasteiger partial charge in [0.2, 0.25) is 0 Å². The number of rotatable bonds is 0. The smallest absolute Gasteiger partial charge is 0.312 e. The summed E-state index contributed by atoms with van der Waals surface area (Å²) in [6, 6.07) is -0.365. The average molecular weight is 227 g/mol. The van der Waals surface area contributed by atoms with Gasteiger partial charge < -0.3 is 4.90 Å². The Morgan fingerprint density at radius 3 is 2.54 bits per heavy atom. The highest BCUT2D eigenvalue weighted by molar-refractivity contribution is 6.04. The van der Waals surface area contributed by atoms with Gasteiger partial charge in [0.1, 0.15) is 6.04 Å². The zero-order valence-corrected chi connectivity index (χ0v) is 8.62. The van der Waals surface area contributed by atoms with Gasteiger partial charge in [-0.3, -0.25) is 10.1 Å². The first-order valence-electron chi connectivity index (χ1n) is 3.90. The summed E-state index contributed by atoms with van der Waals surface area (Å²) >= 11 is 0. The van der Waals surface area contributed by atoms with Gasteiger partial charge in [0.05, 0.1) is 0 Å². The van der Waals surface area contributed by atoms with Crippen molar-refractivity contribution >= 4 is 36.8 Å². The van der Waals surface area contributed by atoms with E-state index < -0.39 is 0 Å². The fourth-order valence-electron chi connectivity index (χ4n) is 1.71. The number of nitrogens with zero attached hydrogens (tertiary/aromatic N) is 1. The Bertz CT molecular complexity index is 201. The number of hydrogen-bond acceptors (Lipinski definition) is 2. The highest BCUT2D eigenvalue weighted by Gasteiger charge is 2.39. The van der Waals surface area contributed by atoms with Crippen molar-refractivity contribution in [3.63, 3.8) is 0 Å². The molecule has 2 aliphatic heterocycles. The summed E-state index contributed by atoms with van der Waals surface area (Å²) in [7, 11) is 0. The molecule has 76 valence electrons. The number of nitrogens with one attached hydrogen (secondary N) is 1. The van der Waals surface area contributed by atoms with Gasteiger partial charge in [-0.1, -0.05) is 0 Å². The predicted octanol–water partition coefficient (Wildman–Crippen LogP) is 0.934. The van der Waals surface area contributed by atoms with E-state index in [1.807, 2.05) is 0 Å². The van der Waals surface area contributed by atoms with Crippen LogP contribution in [0.5, 0.6) is 0 Å². The normalized spacial score (nSPS) is 25.5. The molecule has 0 radical (unpaired) electrons. The van der Waals surface area contributed by atoms with E-state index in [0.29, 0.717) is 0 Å². The van der Waals surface area contributed by atoms with Gasteiger partial charge in [-0.05, 0) is 19.3 Å². The molecule has 2 rings (SSSR count). The van der Waals surface area contributed by atoms with Crippen LogP contribution in [0.15, 0.2) is 0 Å². The number of amides is 3. The first kappa shape index (κ1) is 12.5. The summed E-state index contributed by atoms with van der Waals surface area (Å²) in [5, 5.41) is 2.31. The third-order valence-corrected chi connectivity index (χ3v) is 2.30. The standard InChI is InChI=1S/C7H10N2O2.2ClH/c10-6-5-3-1-2-4-9(5)7(11)8-6;;/h5H,1-4H2,(H,8,10,11);2*1H. The van der Waals surface area contributed by atoms with Gasteiger partial charge in [-0.2, -0.15) is 0 Å². The van der Waals surface area contributed by atoms with Crippen LogP contribution in [-0.2, 0) is 4.79 Å². The molecular formula is C7H12Cl2N2O2. The van der Waals surface area contributed by atoms with Crippen LogP contribution < -0.4 is 5.32 Å². The van der Waals surface area contributed by atoms with Gasteiger partial charge >= 0.3 is 6.03 Å². The lowest BCUT2D eigenvalue weighted by Crippen LogP contribution is -2.38. The Morgan fingerprint density at radius 2 is 1.92 bits per heavy atom. The van der Waals surface area contributed by atoms with Crippen LogP contribution in [0, 0.1) is 0 Å². The Labute approximate surface area is 88.9 Å². The molecule has 0 aliphatic carbocycles. The van der Waals surface area contributed by atoms with Crippen molar-refractivity contribution in [2.45, 2.75) is 25.3 Å². The van der Waals surface area contributed by atoms with E-state index in [1.165, 1.54) is 0 Å². The minimum absolute atomic E-state index is 0. The van der Waals surface area contributed by atoms with E-state index >= 15 is 0 Å². The zero-order valence-electron chi connectivity index (χ0n) is 6.99. The highest BCUT2D eigenvalue weighted by atomic mass is 35.5. The van der Waals surface area contributed by atoms with Crippen LogP contribution in [0.2, 0.25) is 0 Å². The van der Waals surface area contributed by atoms with Crippen LogP contribution in [0.4, 0.5) is 4.79 Å². The van der Waals surface area contributed by atoms with Crippen molar-refractivity contribution in [1.82, 2.24) is 10.2 Å². The van der Waals surface area contributed by atoms with Gasteiger partial charge in [-0.25, -0.2) is 4.79 Å². The molecule has 0 bridgehead atoms. The molecule has 2 aliphatic rings. The summed E-state index contributed by atoms with van der Waals surface area (Å²) in [4.78, 5) is 23.7. The summed E-state index contributed by atoms with van der Waals surface area (Å²) in [6.07, 6.45) is 2.91. The lowest BCUT2D eigenvalue weighted by Gasteiger charge is -2.25. The molecule has 0 aromatic rings. The first-order chi connectivity index (χ1) is 5.29. The van der Waals surface area contributed by atoms with Gasteiger partial charge in [-0.15, -0.1) is 24.8 Å². The monoisotopic (exact) mass is 226 g/mol. The molecule has 2 heterocycles. The summed E-state index contributed by atoms with van der Waals surface area (Å²) < 4.78 is 0. The zero-order chi connectivity index (χ0) is 7.84. The maximum absolute atomic E-state index is 11.0. The Morgan fingerprint density at radius 1 is 1.23 bits per heavy atom. The molecule has 1 N–H and O–H groups in total. The van der Waals surface area contributed by atoms with Crippen LogP contribution in [0.25, 0.3) is 0 Å². The maximum Gasteiger partial charge on any atom is 0.324 e. The number of fused-ring (bicyclic) bond motifs is 1. The van der Waals surface area contributed by atoms with Crippen molar-refractivity contribution in [3.8, 4) is 0 Å². The lowest BCUT2D eigenvalue weighted by atomic mass is 10.0. The predicted molar refractivity (Wildman–Crippen MR) is 52.4 cm³/mol. The number of urea groups is 1. The number of carbonyl (C=O) groups excluding carboxylic acids is 2. The number of hydrogen-bond donors (Lipinski definition) is 1. The molecule has 1 unspecified atom stereocenters. The van der Waals surface area contributed by atoms with E-state index in [9.17, 15) is 9.59 Å². The van der Waals surface area contributed by atoms with E-state index in [2.05, 4.69) is 5.32 Å².